The highest BCUT2D eigenvalue weighted by Crippen LogP contribution is 2.42. The van der Waals surface area contributed by atoms with E-state index in [-0.39, 0.29) is 0 Å². The van der Waals surface area contributed by atoms with E-state index in [0.29, 0.717) is 23.5 Å². The van der Waals surface area contributed by atoms with Crippen molar-refractivity contribution in [1.82, 2.24) is 5.32 Å². The summed E-state index contributed by atoms with van der Waals surface area (Å²) in [5, 5.41) is 3.41. The summed E-state index contributed by atoms with van der Waals surface area (Å²) in [4.78, 5) is 0. The molecule has 0 amide bonds. The molecule has 0 saturated heterocycles. The predicted octanol–water partition coefficient (Wildman–Crippen LogP) is 3.01. The number of hydrogen-bond acceptors (Lipinski definition) is 3. The normalized spacial score (nSPS) is 19.2. The Labute approximate surface area is 119 Å². The number of nitrogens with one attached hydrogen (secondary N) is 1. The molecule has 1 saturated carbocycles. The van der Waals surface area contributed by atoms with E-state index in [0.717, 1.165) is 18.9 Å². The van der Waals surface area contributed by atoms with Crippen LogP contribution in [0.1, 0.15) is 59.3 Å². The topological polar surface area (TPSA) is 46.2 Å². The summed E-state index contributed by atoms with van der Waals surface area (Å²) in [7, 11) is -2.83. The molecular formula is C15H31NO2S. The van der Waals surface area contributed by atoms with Gasteiger partial charge in [0, 0.05) is 18.8 Å². The monoisotopic (exact) mass is 289 g/mol. The molecule has 0 aliphatic heterocycles. The van der Waals surface area contributed by atoms with Crippen molar-refractivity contribution in [3.05, 3.63) is 0 Å². The maximum Gasteiger partial charge on any atom is 0.151 e. The van der Waals surface area contributed by atoms with Gasteiger partial charge in [0.05, 0.1) is 5.75 Å². The Morgan fingerprint density at radius 2 is 1.79 bits per heavy atom. The van der Waals surface area contributed by atoms with Gasteiger partial charge >= 0.3 is 0 Å². The van der Waals surface area contributed by atoms with Gasteiger partial charge < -0.3 is 5.32 Å². The molecule has 0 aromatic carbocycles. The summed E-state index contributed by atoms with van der Waals surface area (Å²) in [6, 6.07) is 0. The molecule has 1 N–H and O–H groups in total. The van der Waals surface area contributed by atoms with Crippen LogP contribution >= 0.6 is 0 Å². The number of hydrogen-bond donors (Lipinski definition) is 1. The smallest absolute Gasteiger partial charge is 0.151 e. The lowest BCUT2D eigenvalue weighted by molar-refractivity contribution is 0.226. The summed E-state index contributed by atoms with van der Waals surface area (Å²) in [5.41, 5.74) is 0.433. The van der Waals surface area contributed by atoms with Gasteiger partial charge in [0.2, 0.25) is 0 Å². The SMILES string of the molecule is CCCS(=O)(=O)CCNCC1(CC(C)C)CCCC1. The van der Waals surface area contributed by atoms with Crippen LogP contribution in [-0.2, 0) is 9.84 Å². The van der Waals surface area contributed by atoms with Gasteiger partial charge in [0.1, 0.15) is 0 Å². The third-order valence-corrected chi connectivity index (χ3v) is 5.97. The minimum atomic E-state index is -2.83. The quantitative estimate of drug-likeness (QED) is 0.664. The Morgan fingerprint density at radius 3 is 2.32 bits per heavy atom. The fourth-order valence-corrected chi connectivity index (χ4v) is 4.72. The summed E-state index contributed by atoms with van der Waals surface area (Å²) in [6.45, 7) is 8.09. The molecule has 1 fully saturated rings. The van der Waals surface area contributed by atoms with E-state index in [1.54, 1.807) is 0 Å². The Bertz CT molecular complexity index is 343. The van der Waals surface area contributed by atoms with Gasteiger partial charge in [-0.3, -0.25) is 0 Å². The fraction of sp³-hybridized carbons (Fsp3) is 1.00. The first kappa shape index (κ1) is 17.0. The molecule has 3 nitrogen and oxygen atoms in total. The zero-order valence-electron chi connectivity index (χ0n) is 12.9. The van der Waals surface area contributed by atoms with Crippen molar-refractivity contribution in [2.24, 2.45) is 11.3 Å². The zero-order chi connectivity index (χ0) is 14.4. The van der Waals surface area contributed by atoms with Crippen LogP contribution in [0, 0.1) is 11.3 Å². The number of sulfone groups is 1. The number of rotatable bonds is 9. The summed E-state index contributed by atoms with van der Waals surface area (Å²) < 4.78 is 23.3. The van der Waals surface area contributed by atoms with Crippen molar-refractivity contribution in [3.63, 3.8) is 0 Å². The van der Waals surface area contributed by atoms with Gasteiger partial charge in [-0.25, -0.2) is 8.42 Å². The molecule has 1 aliphatic carbocycles. The second-order valence-electron chi connectivity index (χ2n) is 6.63. The van der Waals surface area contributed by atoms with E-state index in [4.69, 9.17) is 0 Å². The van der Waals surface area contributed by atoms with E-state index in [9.17, 15) is 8.42 Å². The molecule has 1 rings (SSSR count). The van der Waals surface area contributed by atoms with Crippen LogP contribution in [0.25, 0.3) is 0 Å². The van der Waals surface area contributed by atoms with Crippen molar-refractivity contribution >= 4 is 9.84 Å². The van der Waals surface area contributed by atoms with Crippen LogP contribution in [0.15, 0.2) is 0 Å². The Hall–Kier alpha value is -0.0900. The van der Waals surface area contributed by atoms with Crippen LogP contribution in [0.5, 0.6) is 0 Å². The molecule has 114 valence electrons. The molecule has 0 radical (unpaired) electrons. The first-order valence-corrected chi connectivity index (χ1v) is 9.62. The van der Waals surface area contributed by atoms with Crippen LogP contribution in [0.3, 0.4) is 0 Å². The largest absolute Gasteiger partial charge is 0.315 e. The lowest BCUT2D eigenvalue weighted by Gasteiger charge is -2.31. The van der Waals surface area contributed by atoms with Gasteiger partial charge in [-0.1, -0.05) is 33.6 Å². The van der Waals surface area contributed by atoms with E-state index in [1.165, 1.54) is 32.1 Å². The zero-order valence-corrected chi connectivity index (χ0v) is 13.7. The van der Waals surface area contributed by atoms with E-state index in [1.807, 2.05) is 6.92 Å². The molecule has 0 heterocycles. The van der Waals surface area contributed by atoms with Crippen molar-refractivity contribution in [2.45, 2.75) is 59.3 Å². The lowest BCUT2D eigenvalue weighted by Crippen LogP contribution is -2.36. The van der Waals surface area contributed by atoms with Gasteiger partial charge in [0.15, 0.2) is 9.84 Å². The Kier molecular flexibility index (Phi) is 6.81. The average Bonchev–Trinajstić information content (AvgIpc) is 2.72. The van der Waals surface area contributed by atoms with E-state index in [2.05, 4.69) is 19.2 Å². The fourth-order valence-electron chi connectivity index (χ4n) is 3.44. The van der Waals surface area contributed by atoms with Crippen molar-refractivity contribution in [2.75, 3.05) is 24.6 Å². The minimum absolute atomic E-state index is 0.290. The molecule has 0 atom stereocenters. The van der Waals surface area contributed by atoms with Crippen LogP contribution in [0.2, 0.25) is 0 Å². The third kappa shape index (κ3) is 6.26. The minimum Gasteiger partial charge on any atom is -0.315 e. The van der Waals surface area contributed by atoms with Gasteiger partial charge in [-0.15, -0.1) is 0 Å². The molecule has 0 aromatic rings. The maximum atomic E-state index is 11.6. The Morgan fingerprint density at radius 1 is 1.16 bits per heavy atom. The highest BCUT2D eigenvalue weighted by molar-refractivity contribution is 7.91. The highest BCUT2D eigenvalue weighted by atomic mass is 32.2. The van der Waals surface area contributed by atoms with Crippen LogP contribution in [-0.4, -0.2) is 33.0 Å². The van der Waals surface area contributed by atoms with Crippen molar-refractivity contribution in [1.29, 1.82) is 0 Å². The molecular weight excluding hydrogens is 258 g/mol. The first-order chi connectivity index (χ1) is 8.89. The summed E-state index contributed by atoms with van der Waals surface area (Å²) in [6.07, 6.45) is 7.27. The standard InChI is InChI=1S/C15H31NO2S/c1-4-10-19(17,18)11-9-16-13-15(12-14(2)3)7-5-6-8-15/h14,16H,4-13H2,1-3H3. The van der Waals surface area contributed by atoms with E-state index < -0.39 is 9.84 Å². The van der Waals surface area contributed by atoms with Gasteiger partial charge in [-0.05, 0) is 37.0 Å². The molecule has 0 aromatic heterocycles. The summed E-state index contributed by atoms with van der Waals surface area (Å²) in [5.74, 6) is 1.34. The third-order valence-electron chi connectivity index (χ3n) is 4.11. The lowest BCUT2D eigenvalue weighted by atomic mass is 9.78. The molecule has 1 aliphatic rings. The van der Waals surface area contributed by atoms with E-state index >= 15 is 0 Å². The maximum absolute atomic E-state index is 11.6. The molecule has 4 heteroatoms. The average molecular weight is 289 g/mol. The molecule has 0 bridgehead atoms. The molecule has 0 spiro atoms. The summed E-state index contributed by atoms with van der Waals surface area (Å²) >= 11 is 0. The van der Waals surface area contributed by atoms with Crippen molar-refractivity contribution in [3.8, 4) is 0 Å². The van der Waals surface area contributed by atoms with Gasteiger partial charge in [0.25, 0.3) is 0 Å². The van der Waals surface area contributed by atoms with Crippen molar-refractivity contribution < 1.29 is 8.42 Å². The first-order valence-electron chi connectivity index (χ1n) is 7.80. The molecule has 0 unspecified atom stereocenters. The second-order valence-corrected chi connectivity index (χ2v) is 8.94. The molecule has 19 heavy (non-hydrogen) atoms. The Balaban J connectivity index is 2.33. The van der Waals surface area contributed by atoms with Crippen LogP contribution < -0.4 is 5.32 Å². The predicted molar refractivity (Wildman–Crippen MR) is 82.2 cm³/mol. The highest BCUT2D eigenvalue weighted by Gasteiger charge is 2.33. The van der Waals surface area contributed by atoms with Crippen LogP contribution in [0.4, 0.5) is 0 Å². The second kappa shape index (κ2) is 7.63. The van der Waals surface area contributed by atoms with Gasteiger partial charge in [-0.2, -0.15) is 0 Å².